The Hall–Kier alpha value is -3.47. The number of piperidine rings is 2. The molecule has 69 heavy (non-hydrogen) atoms. The lowest BCUT2D eigenvalue weighted by atomic mass is 9.68. The van der Waals surface area contributed by atoms with Crippen molar-refractivity contribution >= 4 is 28.1 Å². The second kappa shape index (κ2) is 20.9. The number of likely N-dealkylation sites (tertiary alicyclic amines) is 2. The van der Waals surface area contributed by atoms with Crippen LogP contribution in [0.5, 0.6) is 0 Å². The summed E-state index contributed by atoms with van der Waals surface area (Å²) in [7, 11) is 0. The van der Waals surface area contributed by atoms with Crippen LogP contribution < -0.4 is 11.1 Å². The summed E-state index contributed by atoms with van der Waals surface area (Å²) < 4.78 is 79.8. The van der Waals surface area contributed by atoms with E-state index in [1.54, 1.807) is 26.0 Å². The summed E-state index contributed by atoms with van der Waals surface area (Å²) in [5, 5.41) is 22.7. The molecule has 0 radical (unpaired) electrons. The molecule has 2 fully saturated rings. The predicted octanol–water partition coefficient (Wildman–Crippen LogP) is 10.7. The Morgan fingerprint density at radius 2 is 1.12 bits per heavy atom. The number of aliphatic hydroxyl groups is 2. The first-order valence-electron chi connectivity index (χ1n) is 25.0. The van der Waals surface area contributed by atoms with Crippen LogP contribution in [0.25, 0.3) is 21.8 Å². The molecule has 2 saturated heterocycles. The second-order valence-corrected chi connectivity index (χ2v) is 23.9. The van der Waals surface area contributed by atoms with Crippen LogP contribution in [0.15, 0.2) is 36.4 Å². The highest BCUT2D eigenvalue weighted by molar-refractivity contribution is 5.87. The molecular formula is C54H80F6N6O3. The third kappa shape index (κ3) is 13.5. The number of nitrogens with zero attached hydrogens (tertiary/aromatic N) is 2. The third-order valence-electron chi connectivity index (χ3n) is 15.7. The van der Waals surface area contributed by atoms with Gasteiger partial charge in [-0.1, -0.05) is 41.5 Å². The summed E-state index contributed by atoms with van der Waals surface area (Å²) in [4.78, 5) is 23.0. The van der Waals surface area contributed by atoms with Crippen molar-refractivity contribution in [1.29, 1.82) is 0 Å². The third-order valence-corrected chi connectivity index (χ3v) is 15.7. The van der Waals surface area contributed by atoms with Crippen LogP contribution in [0, 0.1) is 34.5 Å². The maximum Gasteiger partial charge on any atom is 0.416 e. The van der Waals surface area contributed by atoms with Crippen LogP contribution in [0.1, 0.15) is 140 Å². The first-order valence-corrected chi connectivity index (χ1v) is 25.0. The molecule has 15 heteroatoms. The normalized spacial score (nSPS) is 23.8. The summed E-state index contributed by atoms with van der Waals surface area (Å²) in [6, 6.07) is 8.16. The SMILES string of the molecule is CC(C)(N)CO.C[C@H]1c2c([nH]c3ccc(C(F)(F)F)cc23)C[C@H]2CCN(CCC(C)(C)C=O)C[C@@H]21.C[C@H]1c2c([nH]c3ccc(C(F)(F)F)cc23)C[C@H]2CCN(CCC(C)(C)CNC(C)(C)CO)C[C@@H]21. The van der Waals surface area contributed by atoms with Crippen LogP contribution in [0.3, 0.4) is 0 Å². The number of aromatic amines is 2. The topological polar surface area (TPSA) is 134 Å². The quantitative estimate of drug-likeness (QED) is 0.0615. The number of H-pyrrole nitrogens is 2. The first-order chi connectivity index (χ1) is 31.9. The highest BCUT2D eigenvalue weighted by Gasteiger charge is 2.43. The average Bonchev–Trinajstić information content (AvgIpc) is 3.84. The van der Waals surface area contributed by atoms with Gasteiger partial charge < -0.3 is 45.8 Å². The zero-order chi connectivity index (χ0) is 51.1. The van der Waals surface area contributed by atoms with E-state index in [1.165, 1.54) is 24.3 Å². The highest BCUT2D eigenvalue weighted by Crippen LogP contribution is 2.49. The Labute approximate surface area is 405 Å². The Morgan fingerprint density at radius 3 is 1.49 bits per heavy atom. The summed E-state index contributed by atoms with van der Waals surface area (Å²) in [5.74, 6) is 2.47. The molecule has 0 bridgehead atoms. The molecule has 0 saturated carbocycles. The minimum absolute atomic E-state index is 0.0486. The number of benzene rings is 2. The number of nitrogens with one attached hydrogen (secondary N) is 3. The molecule has 2 aromatic carbocycles. The zero-order valence-corrected chi connectivity index (χ0v) is 42.7. The monoisotopic (exact) mass is 975 g/mol. The fourth-order valence-corrected chi connectivity index (χ4v) is 11.0. The van der Waals surface area contributed by atoms with Gasteiger partial charge in [0, 0.05) is 69.3 Å². The Kier molecular flexibility index (Phi) is 16.6. The standard InChI is InChI=1S/C27H40F3N3O.C23H29F3N2O.C4H11NO/c1-17-21-14-33(11-9-25(2,3)15-31-26(4,5)16-34)10-8-18(21)12-23-24(17)20-13-19(27(28,29)30)6-7-22(20)32-23;1-14-18-12-28(9-7-22(2,3)13-29)8-6-15(18)10-20-21(14)17-11-16(23(24,25)26)4-5-19(17)27-20;1-4(2,5)3-6/h6-7,13,17-18,21,31-32,34H,8-12,14-16H2,1-5H3;4-5,11,13-15,18,27H,6-10,12H2,1-3H3;6H,3,5H2,1-2H3/t17-,18-,21-;14-,15-,18-;/m11./s1. The molecule has 8 rings (SSSR count). The number of aromatic nitrogens is 2. The molecule has 0 amide bonds. The van der Waals surface area contributed by atoms with Crippen molar-refractivity contribution in [3.8, 4) is 0 Å². The smallest absolute Gasteiger partial charge is 0.394 e. The number of nitrogens with two attached hydrogens (primary N) is 1. The molecule has 386 valence electrons. The van der Waals surface area contributed by atoms with Crippen molar-refractivity contribution in [2.75, 3.05) is 59.0 Å². The van der Waals surface area contributed by atoms with Gasteiger partial charge in [0.2, 0.25) is 0 Å². The van der Waals surface area contributed by atoms with E-state index >= 15 is 0 Å². The number of aliphatic hydroxyl groups excluding tert-OH is 2. The number of halogens is 6. The van der Waals surface area contributed by atoms with Crippen LogP contribution in [0.2, 0.25) is 0 Å². The molecule has 0 unspecified atom stereocenters. The van der Waals surface area contributed by atoms with Crippen molar-refractivity contribution in [3.63, 3.8) is 0 Å². The highest BCUT2D eigenvalue weighted by atomic mass is 19.4. The van der Waals surface area contributed by atoms with Gasteiger partial charge in [0.05, 0.1) is 24.3 Å². The number of carbonyl (C=O) groups is 1. The number of fused-ring (bicyclic) bond motifs is 8. The lowest BCUT2D eigenvalue weighted by Gasteiger charge is -2.45. The molecule has 9 nitrogen and oxygen atoms in total. The van der Waals surface area contributed by atoms with E-state index in [4.69, 9.17) is 10.8 Å². The molecule has 4 heterocycles. The first kappa shape index (κ1) is 54.9. The molecule has 7 N–H and O–H groups in total. The van der Waals surface area contributed by atoms with E-state index in [9.17, 15) is 36.2 Å². The van der Waals surface area contributed by atoms with Crippen molar-refractivity contribution < 1.29 is 41.4 Å². The van der Waals surface area contributed by atoms with Gasteiger partial charge in [-0.15, -0.1) is 0 Å². The number of hydrogen-bond donors (Lipinski definition) is 6. The summed E-state index contributed by atoms with van der Waals surface area (Å²) >= 11 is 0. The number of rotatable bonds is 12. The van der Waals surface area contributed by atoms with Crippen LogP contribution in [0.4, 0.5) is 26.3 Å². The number of hydrogen-bond acceptors (Lipinski definition) is 7. The lowest BCUT2D eigenvalue weighted by molar-refractivity contribution is -0.138. The second-order valence-electron chi connectivity index (χ2n) is 23.9. The maximum absolute atomic E-state index is 13.4. The van der Waals surface area contributed by atoms with Gasteiger partial charge in [-0.25, -0.2) is 0 Å². The zero-order valence-electron chi connectivity index (χ0n) is 42.7. The summed E-state index contributed by atoms with van der Waals surface area (Å²) in [6.07, 6.45) is -1.67. The largest absolute Gasteiger partial charge is 0.416 e. The fourth-order valence-electron chi connectivity index (χ4n) is 11.0. The van der Waals surface area contributed by atoms with Crippen LogP contribution >= 0.6 is 0 Å². The number of carbonyl (C=O) groups excluding carboxylic acids is 1. The van der Waals surface area contributed by atoms with Gasteiger partial charge in [0.25, 0.3) is 0 Å². The van der Waals surface area contributed by atoms with Gasteiger partial charge in [-0.2, -0.15) is 26.3 Å². The fraction of sp³-hybridized carbons (Fsp3) is 0.685. The Bertz CT molecular complexity index is 2360. The number of aldehydes is 1. The van der Waals surface area contributed by atoms with Gasteiger partial charge >= 0.3 is 12.4 Å². The number of alkyl halides is 6. The average molecular weight is 975 g/mol. The van der Waals surface area contributed by atoms with E-state index in [0.29, 0.717) is 23.7 Å². The maximum atomic E-state index is 13.4. The minimum atomic E-state index is -4.33. The predicted molar refractivity (Wildman–Crippen MR) is 264 cm³/mol. The molecule has 2 aromatic heterocycles. The van der Waals surface area contributed by atoms with Gasteiger partial charge in [-0.05, 0) is 181 Å². The van der Waals surface area contributed by atoms with Gasteiger partial charge in [-0.3, -0.25) is 0 Å². The molecule has 2 aliphatic heterocycles. The lowest BCUT2D eigenvalue weighted by Crippen LogP contribution is -2.48. The van der Waals surface area contributed by atoms with Crippen molar-refractivity contribution in [1.82, 2.24) is 25.1 Å². The molecule has 4 aliphatic rings. The summed E-state index contributed by atoms with van der Waals surface area (Å²) in [5.41, 5.74) is 9.29. The van der Waals surface area contributed by atoms with Crippen LogP contribution in [-0.2, 0) is 30.0 Å². The van der Waals surface area contributed by atoms with Crippen molar-refractivity contribution in [3.05, 3.63) is 70.0 Å². The van der Waals surface area contributed by atoms with Crippen molar-refractivity contribution in [2.24, 2.45) is 40.2 Å². The van der Waals surface area contributed by atoms with E-state index in [0.717, 1.165) is 135 Å². The minimum Gasteiger partial charge on any atom is -0.394 e. The van der Waals surface area contributed by atoms with E-state index in [1.807, 2.05) is 27.7 Å². The molecule has 2 aliphatic carbocycles. The molecular weight excluding hydrogens is 895 g/mol. The van der Waals surface area contributed by atoms with Crippen LogP contribution in [-0.4, -0.2) is 106 Å². The van der Waals surface area contributed by atoms with E-state index < -0.39 is 29.0 Å². The van der Waals surface area contributed by atoms with Gasteiger partial charge in [0.15, 0.2) is 0 Å². The molecule has 0 spiro atoms. The molecule has 4 aromatic rings. The summed E-state index contributed by atoms with van der Waals surface area (Å²) in [6.45, 7) is 27.4. The Morgan fingerprint density at radius 1 is 0.696 bits per heavy atom. The van der Waals surface area contributed by atoms with Gasteiger partial charge in [0.1, 0.15) is 6.29 Å². The molecule has 6 atom stereocenters. The van der Waals surface area contributed by atoms with E-state index in [2.05, 4.69) is 52.8 Å². The van der Waals surface area contributed by atoms with Crippen molar-refractivity contribution in [2.45, 2.75) is 143 Å². The van der Waals surface area contributed by atoms with E-state index in [-0.39, 0.29) is 41.4 Å². The Balaban J connectivity index is 0.000000205.